The Morgan fingerprint density at radius 1 is 0.414 bits per heavy atom. The van der Waals surface area contributed by atoms with E-state index in [4.69, 9.17) is 9.47 Å². The number of carboxylic acid groups (broad SMARTS) is 4. The number of allylic oxidation sites excluding steroid dienone is 2. The van der Waals surface area contributed by atoms with Gasteiger partial charge in [0.2, 0.25) is 0 Å². The lowest BCUT2D eigenvalue weighted by Gasteiger charge is -2.17. The summed E-state index contributed by atoms with van der Waals surface area (Å²) in [6, 6.07) is 33.9. The number of carbonyl (C=O) groups excluding carboxylic acids is 2. The molecular formula is C46H30O12. The van der Waals surface area contributed by atoms with Crippen molar-refractivity contribution >= 4 is 47.6 Å². The first-order valence-electron chi connectivity index (χ1n) is 17.3. The van der Waals surface area contributed by atoms with Crippen molar-refractivity contribution in [3.05, 3.63) is 190 Å². The summed E-state index contributed by atoms with van der Waals surface area (Å²) in [4.78, 5) is 74.7. The zero-order valence-electron chi connectivity index (χ0n) is 30.1. The summed E-state index contributed by atoms with van der Waals surface area (Å²) in [5.41, 5.74) is -0.678. The first-order valence-corrected chi connectivity index (χ1v) is 17.3. The molecule has 0 bridgehead atoms. The highest BCUT2D eigenvalue weighted by Gasteiger charge is 2.27. The molecule has 6 aromatic rings. The zero-order chi connectivity index (χ0) is 41.3. The fraction of sp³-hybridized carbons (Fsp3) is 0. The first-order chi connectivity index (χ1) is 27.9. The number of carbonyl (C=O) groups is 6. The van der Waals surface area contributed by atoms with Gasteiger partial charge >= 0.3 is 23.9 Å². The maximum absolute atomic E-state index is 12.5. The topological polar surface area (TPSA) is 202 Å². The summed E-state index contributed by atoms with van der Waals surface area (Å²) in [5.74, 6) is -7.60. The zero-order valence-corrected chi connectivity index (χ0v) is 30.1. The second kappa shape index (κ2) is 17.4. The fourth-order valence-corrected chi connectivity index (χ4v) is 5.79. The van der Waals surface area contributed by atoms with E-state index in [2.05, 4.69) is 0 Å². The third-order valence-electron chi connectivity index (χ3n) is 8.61. The van der Waals surface area contributed by atoms with Gasteiger partial charge in [-0.1, -0.05) is 97.1 Å². The number of ether oxygens (including phenoxy) is 2. The summed E-state index contributed by atoms with van der Waals surface area (Å²) in [6.45, 7) is 0. The molecule has 4 N–H and O–H groups in total. The molecule has 12 nitrogen and oxygen atoms in total. The second-order valence-corrected chi connectivity index (χ2v) is 12.5. The molecule has 0 aliphatic rings. The van der Waals surface area contributed by atoms with Gasteiger partial charge in [-0.3, -0.25) is 9.59 Å². The number of hydrogen-bond acceptors (Lipinski definition) is 8. The minimum atomic E-state index is -1.63. The van der Waals surface area contributed by atoms with Crippen LogP contribution in [0.1, 0.15) is 73.3 Å². The van der Waals surface area contributed by atoms with E-state index >= 15 is 0 Å². The molecular weight excluding hydrogens is 744 g/mol. The molecule has 0 fully saturated rings. The lowest BCUT2D eigenvalue weighted by Crippen LogP contribution is -2.12. The standard InChI is InChI=1S/C46H30O12/c47-37(29-7-3-1-4-8-29)21-15-27-11-17-33(18-12-27)57-39-25-31(23-35(43(49)50)41(39)45(53)54)32-24-36(44(51)52)42(46(55)56)40(26-32)58-34-19-13-28(14-20-34)16-22-38(48)30-9-5-2-6-10-30/h1-26H,(H,49,50)(H,51,52)(H,53,54)(H,55,56). The van der Waals surface area contributed by atoms with E-state index in [1.807, 2.05) is 0 Å². The minimum Gasteiger partial charge on any atom is -0.478 e. The number of hydrogen-bond donors (Lipinski definition) is 4. The smallest absolute Gasteiger partial charge is 0.340 e. The Balaban J connectivity index is 1.34. The highest BCUT2D eigenvalue weighted by Crippen LogP contribution is 2.38. The van der Waals surface area contributed by atoms with Gasteiger partial charge < -0.3 is 29.9 Å². The van der Waals surface area contributed by atoms with Crippen LogP contribution in [-0.4, -0.2) is 55.9 Å². The van der Waals surface area contributed by atoms with Crippen LogP contribution in [0.3, 0.4) is 0 Å². The normalized spacial score (nSPS) is 11.0. The average Bonchev–Trinajstić information content (AvgIpc) is 3.22. The summed E-state index contributed by atoms with van der Waals surface area (Å²) < 4.78 is 11.8. The maximum atomic E-state index is 12.5. The highest BCUT2D eigenvalue weighted by molar-refractivity contribution is 6.08. The predicted octanol–water partition coefficient (Wildman–Crippen LogP) is 9.52. The molecule has 0 unspecified atom stereocenters. The number of benzene rings is 6. The molecule has 286 valence electrons. The van der Waals surface area contributed by atoms with Crippen LogP contribution in [0.5, 0.6) is 23.0 Å². The number of aromatic carboxylic acids is 4. The Morgan fingerprint density at radius 2 is 0.759 bits per heavy atom. The Hall–Kier alpha value is -8.38. The van der Waals surface area contributed by atoms with Gasteiger partial charge in [0.15, 0.2) is 11.6 Å². The molecule has 0 aliphatic carbocycles. The van der Waals surface area contributed by atoms with E-state index < -0.39 is 57.6 Å². The summed E-state index contributed by atoms with van der Waals surface area (Å²) in [5, 5.41) is 40.3. The molecule has 58 heavy (non-hydrogen) atoms. The van der Waals surface area contributed by atoms with Crippen LogP contribution in [0.25, 0.3) is 23.3 Å². The molecule has 0 saturated carbocycles. The Morgan fingerprint density at radius 3 is 1.07 bits per heavy atom. The van der Waals surface area contributed by atoms with Crippen LogP contribution in [0.4, 0.5) is 0 Å². The van der Waals surface area contributed by atoms with Crippen LogP contribution in [0, 0.1) is 0 Å². The van der Waals surface area contributed by atoms with E-state index in [1.165, 1.54) is 48.6 Å². The molecule has 6 aromatic carbocycles. The van der Waals surface area contributed by atoms with Crippen LogP contribution in [-0.2, 0) is 0 Å². The minimum absolute atomic E-state index is 0.0377. The lowest BCUT2D eigenvalue weighted by atomic mass is 9.94. The maximum Gasteiger partial charge on any atom is 0.340 e. The van der Waals surface area contributed by atoms with Crippen molar-refractivity contribution in [1.82, 2.24) is 0 Å². The van der Waals surface area contributed by atoms with Crippen molar-refractivity contribution in [1.29, 1.82) is 0 Å². The van der Waals surface area contributed by atoms with Crippen LogP contribution >= 0.6 is 0 Å². The van der Waals surface area contributed by atoms with Gasteiger partial charge in [-0.05, 0) is 82.9 Å². The molecule has 12 heteroatoms. The fourth-order valence-electron chi connectivity index (χ4n) is 5.79. The largest absolute Gasteiger partial charge is 0.478 e. The SMILES string of the molecule is O=C(C=Cc1ccc(Oc2cc(-c3cc(Oc4ccc(C=CC(=O)c5ccccc5)cc4)c(C(=O)O)c(C(=O)O)c3)cc(C(=O)O)c2C(=O)O)cc1)c1ccccc1. The van der Waals surface area contributed by atoms with Gasteiger partial charge in [0.05, 0.1) is 11.1 Å². The van der Waals surface area contributed by atoms with E-state index in [1.54, 1.807) is 97.1 Å². The van der Waals surface area contributed by atoms with E-state index in [0.29, 0.717) is 22.3 Å². The van der Waals surface area contributed by atoms with Gasteiger partial charge in [-0.25, -0.2) is 19.2 Å². The van der Waals surface area contributed by atoms with Crippen LogP contribution in [0.15, 0.2) is 146 Å². The highest BCUT2D eigenvalue weighted by atomic mass is 16.5. The lowest BCUT2D eigenvalue weighted by molar-refractivity contribution is 0.0649. The van der Waals surface area contributed by atoms with Crippen molar-refractivity contribution in [2.24, 2.45) is 0 Å². The van der Waals surface area contributed by atoms with Crippen molar-refractivity contribution in [2.75, 3.05) is 0 Å². The molecule has 0 saturated heterocycles. The third kappa shape index (κ3) is 9.28. The van der Waals surface area contributed by atoms with Gasteiger partial charge in [0.1, 0.15) is 34.1 Å². The van der Waals surface area contributed by atoms with Crippen molar-refractivity contribution < 1.29 is 58.7 Å². The second-order valence-electron chi connectivity index (χ2n) is 12.5. The van der Waals surface area contributed by atoms with Gasteiger partial charge in [0.25, 0.3) is 0 Å². The van der Waals surface area contributed by atoms with Gasteiger partial charge in [-0.15, -0.1) is 0 Å². The molecule has 0 heterocycles. The molecule has 0 aromatic heterocycles. The van der Waals surface area contributed by atoms with Crippen LogP contribution < -0.4 is 9.47 Å². The molecule has 0 atom stereocenters. The monoisotopic (exact) mass is 774 g/mol. The number of ketones is 2. The summed E-state index contributed by atoms with van der Waals surface area (Å²) in [6.07, 6.45) is 5.93. The molecule has 0 amide bonds. The summed E-state index contributed by atoms with van der Waals surface area (Å²) >= 11 is 0. The Bertz CT molecular complexity index is 2440. The van der Waals surface area contributed by atoms with Crippen molar-refractivity contribution in [3.63, 3.8) is 0 Å². The van der Waals surface area contributed by atoms with Crippen LogP contribution in [0.2, 0.25) is 0 Å². The molecule has 6 rings (SSSR count). The van der Waals surface area contributed by atoms with Gasteiger partial charge in [-0.2, -0.15) is 0 Å². The molecule has 0 aliphatic heterocycles. The van der Waals surface area contributed by atoms with Gasteiger partial charge in [0, 0.05) is 11.1 Å². The molecule has 0 spiro atoms. The molecule has 0 radical (unpaired) electrons. The summed E-state index contributed by atoms with van der Waals surface area (Å²) in [7, 11) is 0. The van der Waals surface area contributed by atoms with E-state index in [9.17, 15) is 49.2 Å². The Labute approximate surface area is 329 Å². The average molecular weight is 775 g/mol. The van der Waals surface area contributed by atoms with Crippen molar-refractivity contribution in [2.45, 2.75) is 0 Å². The number of carboxylic acids is 4. The predicted molar refractivity (Wildman–Crippen MR) is 212 cm³/mol. The first kappa shape index (κ1) is 39.3. The van der Waals surface area contributed by atoms with E-state index in [0.717, 1.165) is 12.1 Å². The quantitative estimate of drug-likeness (QED) is 0.0569. The Kier molecular flexibility index (Phi) is 11.8. The van der Waals surface area contributed by atoms with E-state index in [-0.39, 0.29) is 34.2 Å². The third-order valence-corrected chi connectivity index (χ3v) is 8.61. The van der Waals surface area contributed by atoms with Crippen molar-refractivity contribution in [3.8, 4) is 34.1 Å². The number of rotatable bonds is 15.